The van der Waals surface area contributed by atoms with E-state index in [2.05, 4.69) is 88.2 Å². The van der Waals surface area contributed by atoms with Gasteiger partial charge in [-0.1, -0.05) is 98.4 Å². The van der Waals surface area contributed by atoms with E-state index >= 15 is 0 Å². The van der Waals surface area contributed by atoms with Crippen molar-refractivity contribution in [1.29, 1.82) is 0 Å². The molecule has 9 heteroatoms. The Labute approximate surface area is 319 Å². The molecular formula is C45H55FN6O2. The summed E-state index contributed by atoms with van der Waals surface area (Å²) < 4.78 is 17.1. The van der Waals surface area contributed by atoms with Gasteiger partial charge in [0.05, 0.1) is 17.6 Å². The molecule has 2 aromatic heterocycles. The van der Waals surface area contributed by atoms with E-state index in [0.29, 0.717) is 18.9 Å². The summed E-state index contributed by atoms with van der Waals surface area (Å²) in [5, 5.41) is 0. The van der Waals surface area contributed by atoms with Crippen LogP contribution >= 0.6 is 0 Å². The summed E-state index contributed by atoms with van der Waals surface area (Å²) in [5.41, 5.74) is 2.60. The Hall–Kier alpha value is -5.31. The van der Waals surface area contributed by atoms with Crippen LogP contribution in [0.2, 0.25) is 0 Å². The van der Waals surface area contributed by atoms with Gasteiger partial charge in [0.25, 0.3) is 5.56 Å². The molecule has 2 aromatic carbocycles. The maximum atomic E-state index is 13.6. The summed E-state index contributed by atoms with van der Waals surface area (Å²) in [6.07, 6.45) is 32.7. The molecule has 1 aliphatic heterocycles. The normalized spacial score (nSPS) is 14.3. The summed E-state index contributed by atoms with van der Waals surface area (Å²) in [6, 6.07) is 16.1. The maximum absolute atomic E-state index is 13.6. The average Bonchev–Trinajstić information content (AvgIpc) is 3.55. The Morgan fingerprint density at radius 2 is 1.44 bits per heavy atom. The number of allylic oxidation sites excluding steroid dienone is 10. The zero-order valence-corrected chi connectivity index (χ0v) is 31.9. The molecule has 0 radical (unpaired) electrons. The molecule has 5 rings (SSSR count). The number of unbranched alkanes of at least 4 members (excludes halogenated alkanes) is 2. The van der Waals surface area contributed by atoms with Gasteiger partial charge in [-0.15, -0.1) is 0 Å². The molecule has 0 spiro atoms. The van der Waals surface area contributed by atoms with Crippen LogP contribution in [0.4, 0.5) is 16.3 Å². The molecule has 1 fully saturated rings. The average molecular weight is 731 g/mol. The first-order valence-electron chi connectivity index (χ1n) is 19.5. The zero-order valence-electron chi connectivity index (χ0n) is 31.9. The Morgan fingerprint density at radius 3 is 2.09 bits per heavy atom. The van der Waals surface area contributed by atoms with Crippen LogP contribution in [-0.2, 0) is 6.54 Å². The van der Waals surface area contributed by atoms with Crippen molar-refractivity contribution in [2.75, 3.05) is 29.9 Å². The second-order valence-electron chi connectivity index (χ2n) is 13.7. The molecule has 0 amide bonds. The number of aromatic nitrogens is 4. The van der Waals surface area contributed by atoms with E-state index < -0.39 is 0 Å². The van der Waals surface area contributed by atoms with E-state index in [9.17, 15) is 14.0 Å². The van der Waals surface area contributed by atoms with Crippen molar-refractivity contribution in [2.45, 2.75) is 90.1 Å². The Morgan fingerprint density at radius 1 is 0.833 bits per heavy atom. The number of para-hydroxylation sites is 2. The topological polar surface area (TPSA) is 76.3 Å². The quantitative estimate of drug-likeness (QED) is 0.0707. The first kappa shape index (κ1) is 39.9. The molecule has 0 unspecified atom stereocenters. The van der Waals surface area contributed by atoms with Gasteiger partial charge in [0.15, 0.2) is 0 Å². The van der Waals surface area contributed by atoms with E-state index in [4.69, 9.17) is 4.98 Å². The van der Waals surface area contributed by atoms with Crippen molar-refractivity contribution >= 4 is 28.8 Å². The number of halogens is 1. The van der Waals surface area contributed by atoms with E-state index in [1.807, 2.05) is 42.3 Å². The molecule has 0 saturated carbocycles. The second kappa shape index (κ2) is 21.4. The van der Waals surface area contributed by atoms with E-state index in [0.717, 1.165) is 87.0 Å². The van der Waals surface area contributed by atoms with Crippen molar-refractivity contribution in [2.24, 2.45) is 0 Å². The van der Waals surface area contributed by atoms with Crippen LogP contribution in [-0.4, -0.2) is 51.2 Å². The van der Waals surface area contributed by atoms with Gasteiger partial charge in [-0.2, -0.15) is 0 Å². The molecule has 8 nitrogen and oxygen atoms in total. The van der Waals surface area contributed by atoms with Crippen molar-refractivity contribution < 1.29 is 9.18 Å². The number of nitrogens with zero attached hydrogens (tertiary/aromatic N) is 6. The van der Waals surface area contributed by atoms with Crippen LogP contribution in [0.3, 0.4) is 0 Å². The largest absolute Gasteiger partial charge is 0.342 e. The van der Waals surface area contributed by atoms with Crippen LogP contribution in [0.25, 0.3) is 11.0 Å². The molecule has 0 aliphatic carbocycles. The smallest absolute Gasteiger partial charge is 0.261 e. The number of fused-ring (bicyclic) bond motifs is 1. The molecule has 284 valence electrons. The van der Waals surface area contributed by atoms with Crippen LogP contribution < -0.4 is 15.4 Å². The fraction of sp³-hybridized carbons (Fsp3) is 0.378. The van der Waals surface area contributed by atoms with E-state index in [-0.39, 0.29) is 29.7 Å². The number of carbonyl (C=O) groups is 1. The number of piperidine rings is 1. The molecule has 0 bridgehead atoms. The third kappa shape index (κ3) is 11.6. The number of hydrogen-bond acceptors (Lipinski definition) is 6. The molecule has 54 heavy (non-hydrogen) atoms. The number of imidazole rings is 1. The minimum absolute atomic E-state index is 0.0932. The molecule has 4 aromatic rings. The first-order chi connectivity index (χ1) is 26.5. The van der Waals surface area contributed by atoms with Crippen LogP contribution in [0.1, 0.15) is 87.9 Å². The van der Waals surface area contributed by atoms with Gasteiger partial charge >= 0.3 is 0 Å². The molecule has 3 heterocycles. The van der Waals surface area contributed by atoms with Gasteiger partial charge in [-0.25, -0.2) is 18.9 Å². The van der Waals surface area contributed by atoms with Crippen LogP contribution in [0.15, 0.2) is 126 Å². The summed E-state index contributed by atoms with van der Waals surface area (Å²) in [6.45, 7) is 4.27. The lowest BCUT2D eigenvalue weighted by Gasteiger charge is -2.38. The lowest BCUT2D eigenvalue weighted by atomic mass is 10.0. The second-order valence-corrected chi connectivity index (χ2v) is 13.7. The number of hydrogen-bond donors (Lipinski definition) is 0. The standard InChI is InChI=1S/C45H55FN6O2/c1-3-4-5-6-7-8-9-10-11-12-13-14-15-16-17-18-19-20-25-42(53)52-43(54)30-33-47-44(52)49(2)39-31-34-50(35-32-39)45-48-40-23-21-22-24-41(40)51(45)36-37-26-28-38(46)29-27-37/h5-6,8-9,11-12,14-15,17-18,21-24,26-30,33,39H,3-4,7,10,13,16,19-20,25,31-32,34-36H2,1-2H3. The Balaban J connectivity index is 1.08. The SMILES string of the molecule is CCCC=CCC=CCC=CCC=CCC=CCCCC(=O)n1c(N(C)C2CCN(c3nc4ccccc4n3Cc3ccc(F)cc3)CC2)nccc1=O. The van der Waals surface area contributed by atoms with Crippen molar-refractivity contribution in [3.05, 3.63) is 143 Å². The van der Waals surface area contributed by atoms with Crippen molar-refractivity contribution in [3.63, 3.8) is 0 Å². The summed E-state index contributed by atoms with van der Waals surface area (Å²) in [4.78, 5) is 40.2. The highest BCUT2D eigenvalue weighted by Gasteiger charge is 2.28. The Bertz CT molecular complexity index is 1980. The highest BCUT2D eigenvalue weighted by Crippen LogP contribution is 2.28. The van der Waals surface area contributed by atoms with Gasteiger partial charge in [0.1, 0.15) is 5.82 Å². The number of benzene rings is 2. The monoisotopic (exact) mass is 730 g/mol. The van der Waals surface area contributed by atoms with Crippen LogP contribution in [0.5, 0.6) is 0 Å². The van der Waals surface area contributed by atoms with Gasteiger partial charge in [-0.05, 0) is 87.6 Å². The van der Waals surface area contributed by atoms with Gasteiger partial charge in [-0.3, -0.25) is 9.59 Å². The van der Waals surface area contributed by atoms with Crippen molar-refractivity contribution in [1.82, 2.24) is 19.1 Å². The van der Waals surface area contributed by atoms with Crippen LogP contribution in [0, 0.1) is 5.82 Å². The van der Waals surface area contributed by atoms with E-state index in [1.54, 1.807) is 0 Å². The molecule has 1 saturated heterocycles. The van der Waals surface area contributed by atoms with Gasteiger partial charge < -0.3 is 14.4 Å². The fourth-order valence-corrected chi connectivity index (χ4v) is 6.70. The third-order valence-corrected chi connectivity index (χ3v) is 9.71. The zero-order chi connectivity index (χ0) is 38.0. The number of anilines is 2. The first-order valence-corrected chi connectivity index (χ1v) is 19.5. The Kier molecular flexibility index (Phi) is 15.8. The molecule has 0 atom stereocenters. The summed E-state index contributed by atoms with van der Waals surface area (Å²) >= 11 is 0. The number of carbonyl (C=O) groups excluding carboxylic acids is 1. The van der Waals surface area contributed by atoms with Crippen molar-refractivity contribution in [3.8, 4) is 0 Å². The lowest BCUT2D eigenvalue weighted by Crippen LogP contribution is -2.46. The highest BCUT2D eigenvalue weighted by atomic mass is 19.1. The molecular weight excluding hydrogens is 676 g/mol. The fourth-order valence-electron chi connectivity index (χ4n) is 6.70. The summed E-state index contributed by atoms with van der Waals surface area (Å²) in [5.74, 6) is 0.788. The van der Waals surface area contributed by atoms with Gasteiger partial charge in [0, 0.05) is 44.9 Å². The summed E-state index contributed by atoms with van der Waals surface area (Å²) in [7, 11) is 1.92. The van der Waals surface area contributed by atoms with E-state index in [1.165, 1.54) is 35.4 Å². The minimum Gasteiger partial charge on any atom is -0.342 e. The predicted molar refractivity (Wildman–Crippen MR) is 221 cm³/mol. The number of rotatable bonds is 19. The third-order valence-electron chi connectivity index (χ3n) is 9.71. The van der Waals surface area contributed by atoms with Gasteiger partial charge in [0.2, 0.25) is 17.8 Å². The minimum atomic E-state index is -0.353. The molecule has 0 N–H and O–H groups in total. The molecule has 1 aliphatic rings. The lowest BCUT2D eigenvalue weighted by molar-refractivity contribution is 0.0896. The predicted octanol–water partition coefficient (Wildman–Crippen LogP) is 9.84. The maximum Gasteiger partial charge on any atom is 0.261 e. The highest BCUT2D eigenvalue weighted by molar-refractivity contribution is 5.81.